The second-order valence-corrected chi connectivity index (χ2v) is 7.38. The Morgan fingerprint density at radius 3 is 2.66 bits per heavy atom. The van der Waals surface area contributed by atoms with Crippen LogP contribution in [0.2, 0.25) is 0 Å². The molecule has 1 fully saturated rings. The van der Waals surface area contributed by atoms with Crippen molar-refractivity contribution in [2.75, 3.05) is 30.4 Å². The Bertz CT molecular complexity index is 921. The summed E-state index contributed by atoms with van der Waals surface area (Å²) in [6, 6.07) is 15.7. The molecule has 0 unspecified atom stereocenters. The molecule has 3 aromatic rings. The molecule has 1 aliphatic rings. The van der Waals surface area contributed by atoms with Crippen LogP contribution >= 0.6 is 0 Å². The van der Waals surface area contributed by atoms with Gasteiger partial charge in [-0.3, -0.25) is 4.79 Å². The Kier molecular flexibility index (Phi) is 5.91. The predicted octanol–water partition coefficient (Wildman–Crippen LogP) is 3.80. The highest BCUT2D eigenvalue weighted by molar-refractivity contribution is 6.04. The van der Waals surface area contributed by atoms with E-state index in [0.29, 0.717) is 11.7 Å². The molecule has 1 aliphatic heterocycles. The van der Waals surface area contributed by atoms with E-state index in [1.54, 1.807) is 19.6 Å². The summed E-state index contributed by atoms with van der Waals surface area (Å²) >= 11 is 0. The van der Waals surface area contributed by atoms with Crippen LogP contribution in [0.1, 0.15) is 28.8 Å². The van der Waals surface area contributed by atoms with E-state index in [1.165, 1.54) is 0 Å². The summed E-state index contributed by atoms with van der Waals surface area (Å²) in [5, 5.41) is 2.98. The maximum Gasteiger partial charge on any atom is 0.255 e. The Morgan fingerprint density at radius 1 is 1.17 bits per heavy atom. The smallest absolute Gasteiger partial charge is 0.255 e. The largest absolute Gasteiger partial charge is 0.380 e. The lowest BCUT2D eigenvalue weighted by atomic mass is 10.1. The molecule has 0 saturated carbocycles. The average Bonchev–Trinajstić information content (AvgIpc) is 3.28. The number of nitrogens with one attached hydrogen (secondary N) is 1. The lowest BCUT2D eigenvalue weighted by Gasteiger charge is -2.33. The third-order valence-corrected chi connectivity index (χ3v) is 5.34. The fourth-order valence-corrected chi connectivity index (χ4v) is 3.68. The maximum atomic E-state index is 12.6. The van der Waals surface area contributed by atoms with Gasteiger partial charge in [0.15, 0.2) is 0 Å². The van der Waals surface area contributed by atoms with E-state index >= 15 is 0 Å². The van der Waals surface area contributed by atoms with Crippen molar-refractivity contribution in [1.82, 2.24) is 9.55 Å². The first-order chi connectivity index (χ1) is 14.2. The molecule has 150 valence electrons. The number of piperidine rings is 1. The zero-order valence-corrected chi connectivity index (χ0v) is 16.6. The third kappa shape index (κ3) is 4.84. The number of carbonyl (C=O) groups excluding carboxylic acids is 1. The Hall–Kier alpha value is -3.12. The van der Waals surface area contributed by atoms with Crippen molar-refractivity contribution < 1.29 is 9.53 Å². The van der Waals surface area contributed by atoms with Crippen LogP contribution in [0.3, 0.4) is 0 Å². The normalized spacial score (nSPS) is 16.6. The van der Waals surface area contributed by atoms with Crippen molar-refractivity contribution in [3.05, 3.63) is 78.4 Å². The van der Waals surface area contributed by atoms with Gasteiger partial charge in [0.25, 0.3) is 5.91 Å². The van der Waals surface area contributed by atoms with Gasteiger partial charge in [-0.2, -0.15) is 0 Å². The van der Waals surface area contributed by atoms with Crippen molar-refractivity contribution in [3.63, 3.8) is 0 Å². The fourth-order valence-electron chi connectivity index (χ4n) is 3.68. The molecular formula is C23H26N4O2. The van der Waals surface area contributed by atoms with Crippen LogP contribution in [-0.4, -0.2) is 41.8 Å². The molecule has 0 bridgehead atoms. The summed E-state index contributed by atoms with van der Waals surface area (Å²) in [5.41, 5.74) is 3.72. The molecule has 1 amide bonds. The first kappa shape index (κ1) is 19.2. The van der Waals surface area contributed by atoms with Gasteiger partial charge < -0.3 is 19.5 Å². The van der Waals surface area contributed by atoms with E-state index in [-0.39, 0.29) is 5.91 Å². The van der Waals surface area contributed by atoms with E-state index in [2.05, 4.69) is 27.3 Å². The molecule has 1 aromatic heterocycles. The van der Waals surface area contributed by atoms with Gasteiger partial charge in [0.1, 0.15) is 0 Å². The van der Waals surface area contributed by atoms with Gasteiger partial charge in [-0.05, 0) is 54.8 Å². The molecule has 0 spiro atoms. The second-order valence-electron chi connectivity index (χ2n) is 7.38. The SMILES string of the molecule is CO[C@H]1CCCN(c2ccc(NC(=O)c3ccc(Cn4ccnc4)cc3)cc2)C1. The summed E-state index contributed by atoms with van der Waals surface area (Å²) in [6.45, 7) is 2.69. The number of hydrogen-bond donors (Lipinski definition) is 1. The van der Waals surface area contributed by atoms with E-state index in [4.69, 9.17) is 4.74 Å². The predicted molar refractivity (Wildman–Crippen MR) is 114 cm³/mol. The first-order valence-electron chi connectivity index (χ1n) is 9.95. The molecule has 6 nitrogen and oxygen atoms in total. The van der Waals surface area contributed by atoms with Gasteiger partial charge >= 0.3 is 0 Å². The molecule has 1 saturated heterocycles. The molecule has 1 N–H and O–H groups in total. The monoisotopic (exact) mass is 390 g/mol. The van der Waals surface area contributed by atoms with E-state index in [1.807, 2.05) is 47.2 Å². The highest BCUT2D eigenvalue weighted by Crippen LogP contribution is 2.23. The molecule has 1 atom stereocenters. The van der Waals surface area contributed by atoms with Gasteiger partial charge in [0.05, 0.1) is 12.4 Å². The summed E-state index contributed by atoms with van der Waals surface area (Å²) in [7, 11) is 1.77. The topological polar surface area (TPSA) is 59.4 Å². The lowest BCUT2D eigenvalue weighted by Crippen LogP contribution is -2.39. The second kappa shape index (κ2) is 8.92. The number of methoxy groups -OCH3 is 1. The number of amides is 1. The van der Waals surface area contributed by atoms with E-state index < -0.39 is 0 Å². The molecule has 4 rings (SSSR count). The Labute approximate surface area is 171 Å². The number of ether oxygens (including phenoxy) is 1. The minimum absolute atomic E-state index is 0.107. The van der Waals surface area contributed by atoms with Crippen molar-refractivity contribution in [1.29, 1.82) is 0 Å². The summed E-state index contributed by atoms with van der Waals surface area (Å²) < 4.78 is 7.50. The van der Waals surface area contributed by atoms with Crippen LogP contribution in [0.5, 0.6) is 0 Å². The number of carbonyl (C=O) groups is 1. The van der Waals surface area contributed by atoms with E-state index in [9.17, 15) is 4.79 Å². The highest BCUT2D eigenvalue weighted by Gasteiger charge is 2.19. The minimum atomic E-state index is -0.107. The summed E-state index contributed by atoms with van der Waals surface area (Å²) in [6.07, 6.45) is 8.00. The van der Waals surface area contributed by atoms with Crippen molar-refractivity contribution >= 4 is 17.3 Å². The van der Waals surface area contributed by atoms with Crippen LogP contribution in [0.15, 0.2) is 67.3 Å². The van der Waals surface area contributed by atoms with Gasteiger partial charge in [0.2, 0.25) is 0 Å². The standard InChI is InChI=1S/C23H26N4O2/c1-29-22-3-2-13-27(16-22)21-10-8-20(9-11-21)25-23(28)19-6-4-18(5-7-19)15-26-14-12-24-17-26/h4-12,14,17,22H,2-3,13,15-16H2,1H3,(H,25,28)/t22-/m0/s1. The molecule has 29 heavy (non-hydrogen) atoms. The molecule has 2 heterocycles. The molecule has 2 aromatic carbocycles. The Morgan fingerprint density at radius 2 is 1.97 bits per heavy atom. The maximum absolute atomic E-state index is 12.6. The zero-order chi connectivity index (χ0) is 20.1. The van der Waals surface area contributed by atoms with E-state index in [0.717, 1.165) is 49.4 Å². The number of rotatable bonds is 6. The van der Waals surface area contributed by atoms with Crippen molar-refractivity contribution in [2.24, 2.45) is 0 Å². The number of benzene rings is 2. The lowest BCUT2D eigenvalue weighted by molar-refractivity contribution is 0.0893. The van der Waals surface area contributed by atoms with Crippen LogP contribution in [0.25, 0.3) is 0 Å². The highest BCUT2D eigenvalue weighted by atomic mass is 16.5. The van der Waals surface area contributed by atoms with Crippen molar-refractivity contribution in [2.45, 2.75) is 25.5 Å². The quantitative estimate of drug-likeness (QED) is 0.696. The van der Waals surface area contributed by atoms with Gasteiger partial charge in [-0.25, -0.2) is 4.98 Å². The van der Waals surface area contributed by atoms with Crippen molar-refractivity contribution in [3.8, 4) is 0 Å². The zero-order valence-electron chi connectivity index (χ0n) is 16.6. The van der Waals surface area contributed by atoms with Gasteiger partial charge in [-0.15, -0.1) is 0 Å². The molecule has 6 heteroatoms. The first-order valence-corrected chi connectivity index (χ1v) is 9.95. The molecule has 0 aliphatic carbocycles. The molecular weight excluding hydrogens is 364 g/mol. The van der Waals surface area contributed by atoms with Gasteiger partial charge in [-0.1, -0.05) is 12.1 Å². The average molecular weight is 390 g/mol. The number of hydrogen-bond acceptors (Lipinski definition) is 4. The summed E-state index contributed by atoms with van der Waals surface area (Å²) in [4.78, 5) is 18.9. The van der Waals surface area contributed by atoms with Crippen LogP contribution in [0.4, 0.5) is 11.4 Å². The minimum Gasteiger partial charge on any atom is -0.380 e. The van der Waals surface area contributed by atoms with Crippen LogP contribution < -0.4 is 10.2 Å². The molecule has 0 radical (unpaired) electrons. The van der Waals surface area contributed by atoms with Crippen LogP contribution in [0, 0.1) is 0 Å². The number of anilines is 2. The van der Waals surface area contributed by atoms with Gasteiger partial charge in [0, 0.05) is 56.1 Å². The fraction of sp³-hybridized carbons (Fsp3) is 0.304. The Balaban J connectivity index is 1.35. The number of aromatic nitrogens is 2. The van der Waals surface area contributed by atoms with Crippen LogP contribution in [-0.2, 0) is 11.3 Å². The number of nitrogens with zero attached hydrogens (tertiary/aromatic N) is 3. The number of imidazole rings is 1. The summed E-state index contributed by atoms with van der Waals surface area (Å²) in [5.74, 6) is -0.107. The third-order valence-electron chi connectivity index (χ3n) is 5.34.